The zero-order valence-electron chi connectivity index (χ0n) is 32.0. The molecule has 0 radical (unpaired) electrons. The van der Waals surface area contributed by atoms with Crippen molar-refractivity contribution in [2.45, 2.75) is 75.3 Å². The molecule has 3 saturated heterocycles. The van der Waals surface area contributed by atoms with Crippen LogP contribution in [0.1, 0.15) is 59.5 Å². The van der Waals surface area contributed by atoms with Crippen molar-refractivity contribution in [1.29, 1.82) is 5.26 Å². The number of aryl methyl sites for hydroxylation is 1. The number of Topliss-reactive ketones (excluding diaryl/α,β-unsaturated/α-hetero) is 1. The van der Waals surface area contributed by atoms with Crippen LogP contribution in [0, 0.1) is 24.2 Å². The molecule has 11 nitrogen and oxygen atoms in total. The number of allylic oxidation sites excluding steroid dienone is 1. The van der Waals surface area contributed by atoms with E-state index in [1.807, 2.05) is 14.0 Å². The molecule has 9 rings (SSSR count). The largest absolute Gasteiger partial charge is 0.504 e. The lowest BCUT2D eigenvalue weighted by atomic mass is 9.75. The Hall–Kier alpha value is -4.80. The van der Waals surface area contributed by atoms with Crippen molar-refractivity contribution in [1.82, 2.24) is 9.80 Å². The molecule has 4 aliphatic heterocycles. The van der Waals surface area contributed by atoms with Crippen LogP contribution < -0.4 is 10.5 Å². The monoisotopic (exact) mass is 774 g/mol. The second-order valence-electron chi connectivity index (χ2n) is 15.8. The van der Waals surface area contributed by atoms with E-state index in [4.69, 9.17) is 24.7 Å². The van der Waals surface area contributed by atoms with Crippen molar-refractivity contribution in [3.8, 4) is 28.7 Å². The van der Waals surface area contributed by atoms with E-state index in [1.54, 1.807) is 25.8 Å². The zero-order valence-corrected chi connectivity index (χ0v) is 32.8. The summed E-state index contributed by atoms with van der Waals surface area (Å²) in [6.45, 7) is 3.51. The molecule has 0 spiro atoms. The summed E-state index contributed by atoms with van der Waals surface area (Å²) in [5.74, 6) is 1.57. The highest BCUT2D eigenvalue weighted by Crippen LogP contribution is 2.54. The Balaban J connectivity index is 1.02. The molecule has 0 saturated carbocycles. The first kappa shape index (κ1) is 36.8. The molecule has 3 aromatic carbocycles. The summed E-state index contributed by atoms with van der Waals surface area (Å²) in [7, 11) is 3.55. The van der Waals surface area contributed by atoms with E-state index < -0.39 is 30.0 Å². The molecule has 3 aromatic rings. The fraction of sp³-hybridized carbons (Fsp3) is 0.432. The van der Waals surface area contributed by atoms with Crippen LogP contribution in [0.15, 0.2) is 77.3 Å². The third kappa shape index (κ3) is 5.57. The average Bonchev–Trinajstić information content (AvgIpc) is 3.76. The van der Waals surface area contributed by atoms with Gasteiger partial charge in [-0.25, -0.2) is 0 Å². The second-order valence-corrected chi connectivity index (χ2v) is 16.8. The molecule has 12 heteroatoms. The number of thioether (sulfide) groups is 1. The van der Waals surface area contributed by atoms with Gasteiger partial charge in [0.2, 0.25) is 6.79 Å². The molecule has 2 unspecified atom stereocenters. The van der Waals surface area contributed by atoms with E-state index in [1.165, 1.54) is 22.3 Å². The fourth-order valence-corrected chi connectivity index (χ4v) is 11.6. The van der Waals surface area contributed by atoms with Crippen LogP contribution in [0.2, 0.25) is 0 Å². The topological polar surface area (TPSA) is 148 Å². The van der Waals surface area contributed by atoms with Gasteiger partial charge in [0, 0.05) is 52.1 Å². The Kier molecular flexibility index (Phi) is 9.40. The number of ketones is 1. The highest BCUT2D eigenvalue weighted by atomic mass is 32.2. The maximum Gasteiger partial charge on any atom is 0.323 e. The smallest absolute Gasteiger partial charge is 0.323 e. The zero-order chi connectivity index (χ0) is 39.0. The number of phenols is 1. The standard InChI is InChI=1S/C44H46N4O7S/c1-22-15-24-16-33-34(17-45)48-32(38(47(33)3)36(24)40(50)41(22)52-4)14-13-29-37(43-42(54-21-55-43)23(2)39(29)49)35(48)18-53-44(51)31(46)20-56-19-30-27-11-7-5-9-25(27)26-10-6-8-12-28(26)30/h5-12,15,29-35,38,50H,13-14,16,18-21,46H2,1-4H3/t29?,31-,32?,33-,34-,35-,38+/m0/s1. The number of hydrogen-bond donors (Lipinski definition) is 2. The normalized spacial score (nSPS) is 27.0. The predicted octanol–water partition coefficient (Wildman–Crippen LogP) is 5.49. The van der Waals surface area contributed by atoms with Crippen molar-refractivity contribution in [2.75, 3.05) is 39.1 Å². The molecule has 3 fully saturated rings. The quantitative estimate of drug-likeness (QED) is 0.279. The molecular weight excluding hydrogens is 729 g/mol. The third-order valence-electron chi connectivity index (χ3n) is 13.0. The fourth-order valence-electron chi connectivity index (χ4n) is 10.5. The maximum absolute atomic E-state index is 14.1. The van der Waals surface area contributed by atoms with E-state index in [0.29, 0.717) is 53.4 Å². The summed E-state index contributed by atoms with van der Waals surface area (Å²) >= 11 is 1.63. The van der Waals surface area contributed by atoms with Gasteiger partial charge in [-0.3, -0.25) is 19.4 Å². The van der Waals surface area contributed by atoms with Gasteiger partial charge in [0.25, 0.3) is 0 Å². The highest BCUT2D eigenvalue weighted by molar-refractivity contribution is 7.99. The number of aromatic hydroxyl groups is 1. The first-order valence-corrected chi connectivity index (χ1v) is 20.5. The predicted molar refractivity (Wildman–Crippen MR) is 211 cm³/mol. The van der Waals surface area contributed by atoms with E-state index >= 15 is 0 Å². The number of nitrogens with zero attached hydrogens (tertiary/aromatic N) is 3. The minimum absolute atomic E-state index is 0.0322. The minimum atomic E-state index is -0.892. The summed E-state index contributed by atoms with van der Waals surface area (Å²) in [5.41, 5.74) is 15.4. The van der Waals surface area contributed by atoms with Gasteiger partial charge in [-0.2, -0.15) is 17.0 Å². The van der Waals surface area contributed by atoms with Gasteiger partial charge in [-0.1, -0.05) is 54.6 Å². The number of carbonyl (C=O) groups is 2. The number of nitrogens with two attached hydrogens (primary N) is 1. The molecule has 3 N–H and O–H groups in total. The van der Waals surface area contributed by atoms with Gasteiger partial charge in [-0.15, -0.1) is 0 Å². The molecule has 2 bridgehead atoms. The lowest BCUT2D eigenvalue weighted by Gasteiger charge is -2.57. The van der Waals surface area contributed by atoms with Crippen molar-refractivity contribution in [3.05, 3.63) is 105 Å². The van der Waals surface area contributed by atoms with Crippen LogP contribution in [0.4, 0.5) is 0 Å². The van der Waals surface area contributed by atoms with Crippen LogP contribution in [0.3, 0.4) is 0 Å². The lowest BCUT2D eigenvalue weighted by Crippen LogP contribution is -2.68. The number of likely N-dealkylation sites (N-methyl/N-ethyl adjacent to an activating group) is 1. The number of hydrogen-bond acceptors (Lipinski definition) is 12. The Morgan fingerprint density at radius 3 is 2.46 bits per heavy atom. The van der Waals surface area contributed by atoms with Gasteiger partial charge < -0.3 is 29.8 Å². The maximum atomic E-state index is 14.1. The number of benzene rings is 3. The molecular formula is C44H46N4O7S. The number of ether oxygens (including phenoxy) is 4. The van der Waals surface area contributed by atoms with Gasteiger partial charge >= 0.3 is 5.97 Å². The van der Waals surface area contributed by atoms with Gasteiger partial charge in [0.05, 0.1) is 25.3 Å². The Morgan fingerprint density at radius 2 is 1.77 bits per heavy atom. The molecule has 2 aliphatic carbocycles. The van der Waals surface area contributed by atoms with Crippen molar-refractivity contribution < 1.29 is 33.6 Å². The van der Waals surface area contributed by atoms with Crippen LogP contribution in [-0.2, 0) is 30.2 Å². The third-order valence-corrected chi connectivity index (χ3v) is 14.2. The molecule has 290 valence electrons. The summed E-state index contributed by atoms with van der Waals surface area (Å²) < 4.78 is 23.8. The van der Waals surface area contributed by atoms with Crippen molar-refractivity contribution in [3.63, 3.8) is 0 Å². The van der Waals surface area contributed by atoms with Gasteiger partial charge in [0.1, 0.15) is 18.7 Å². The second kappa shape index (κ2) is 14.3. The number of nitriles is 1. The Labute approximate surface area is 331 Å². The number of phenolic OH excluding ortho intramolecular Hbond substituents is 1. The summed E-state index contributed by atoms with van der Waals surface area (Å²) in [4.78, 5) is 32.3. The van der Waals surface area contributed by atoms with Crippen LogP contribution in [0.5, 0.6) is 11.5 Å². The minimum Gasteiger partial charge on any atom is -0.504 e. The molecule has 6 aliphatic rings. The molecule has 0 aromatic heterocycles. The first-order chi connectivity index (χ1) is 27.1. The molecule has 4 heterocycles. The van der Waals surface area contributed by atoms with Crippen LogP contribution >= 0.6 is 11.8 Å². The molecule has 7 atom stereocenters. The van der Waals surface area contributed by atoms with Gasteiger partial charge in [0.15, 0.2) is 28.8 Å². The number of fused-ring (bicyclic) bond motifs is 11. The van der Waals surface area contributed by atoms with E-state index in [9.17, 15) is 20.0 Å². The van der Waals surface area contributed by atoms with Crippen LogP contribution in [-0.4, -0.2) is 95.9 Å². The van der Waals surface area contributed by atoms with Crippen molar-refractivity contribution in [2.24, 2.45) is 11.7 Å². The number of methoxy groups -OCH3 is 1. The van der Waals surface area contributed by atoms with E-state index in [-0.39, 0.29) is 49.0 Å². The number of carbonyl (C=O) groups excluding carboxylic acids is 2. The van der Waals surface area contributed by atoms with Crippen molar-refractivity contribution >= 4 is 23.5 Å². The number of esters is 1. The van der Waals surface area contributed by atoms with Crippen LogP contribution in [0.25, 0.3) is 11.1 Å². The van der Waals surface area contributed by atoms with Gasteiger partial charge in [-0.05, 0) is 73.5 Å². The Morgan fingerprint density at radius 1 is 1.07 bits per heavy atom. The summed E-state index contributed by atoms with van der Waals surface area (Å²) in [5, 5.41) is 22.7. The average molecular weight is 775 g/mol. The molecule has 56 heavy (non-hydrogen) atoms. The number of rotatable bonds is 8. The van der Waals surface area contributed by atoms with E-state index in [0.717, 1.165) is 22.4 Å². The molecule has 0 amide bonds. The SMILES string of the molecule is COc1c(C)cc2c(c1O)[C@H]1C3CCC4C(=O)C(C)=C5OCOC5=C4[C@H](COC(=O)[C@@H](N)CSCC4c5ccccc5-c5ccccc54)N3[C@@H](C#N)[C@H](C2)N1C. The first-order valence-electron chi connectivity index (χ1n) is 19.4. The highest BCUT2D eigenvalue weighted by Gasteiger charge is 2.57. The Bertz CT molecular complexity index is 2200. The summed E-state index contributed by atoms with van der Waals surface area (Å²) in [6, 6.07) is 18.5. The van der Waals surface area contributed by atoms with E-state index in [2.05, 4.69) is 70.5 Å². The lowest BCUT2D eigenvalue weighted by molar-refractivity contribution is -0.148. The number of piperazine rings is 1. The summed E-state index contributed by atoms with van der Waals surface area (Å²) in [6.07, 6.45) is 1.54.